The summed E-state index contributed by atoms with van der Waals surface area (Å²) in [7, 11) is -1.87. The molecule has 0 radical (unpaired) electrons. The van der Waals surface area contributed by atoms with Crippen molar-refractivity contribution in [1.29, 1.82) is 0 Å². The van der Waals surface area contributed by atoms with Gasteiger partial charge < -0.3 is 10.1 Å². The zero-order chi connectivity index (χ0) is 15.0. The number of rotatable bonds is 10. The Kier molecular flexibility index (Phi) is 7.68. The Balaban J connectivity index is 2.73. The fraction of sp³-hybridized carbons (Fsp3) is 0.692. The predicted molar refractivity (Wildman–Crippen MR) is 82.6 cm³/mol. The SMILES string of the molecule is CCCC(COC)NS(=O)(=O)c1ccc(CNCC)s1. The van der Waals surface area contributed by atoms with Crippen molar-refractivity contribution >= 4 is 21.4 Å². The normalized spacial score (nSPS) is 13.6. The van der Waals surface area contributed by atoms with Crippen LogP contribution in [0.5, 0.6) is 0 Å². The van der Waals surface area contributed by atoms with Gasteiger partial charge in [-0.3, -0.25) is 0 Å². The standard InChI is InChI=1S/C13H24N2O3S2/c1-4-6-11(10-18-3)15-20(16,17)13-8-7-12(19-13)9-14-5-2/h7-8,11,14-15H,4-6,9-10H2,1-3H3. The van der Waals surface area contributed by atoms with Crippen LogP contribution in [0.3, 0.4) is 0 Å². The van der Waals surface area contributed by atoms with Gasteiger partial charge in [-0.1, -0.05) is 20.3 Å². The molecule has 1 rings (SSSR count). The minimum Gasteiger partial charge on any atom is -0.383 e. The van der Waals surface area contributed by atoms with E-state index in [1.54, 1.807) is 13.2 Å². The highest BCUT2D eigenvalue weighted by Gasteiger charge is 2.21. The highest BCUT2D eigenvalue weighted by Crippen LogP contribution is 2.22. The van der Waals surface area contributed by atoms with E-state index in [1.807, 2.05) is 19.9 Å². The van der Waals surface area contributed by atoms with Gasteiger partial charge in [-0.15, -0.1) is 11.3 Å². The second-order valence-electron chi connectivity index (χ2n) is 4.56. The summed E-state index contributed by atoms with van der Waals surface area (Å²) in [5, 5.41) is 3.19. The Morgan fingerprint density at radius 3 is 2.70 bits per heavy atom. The molecular weight excluding hydrogens is 296 g/mol. The maximum absolute atomic E-state index is 12.3. The summed E-state index contributed by atoms with van der Waals surface area (Å²) in [4.78, 5) is 1.02. The topological polar surface area (TPSA) is 67.4 Å². The molecule has 2 N–H and O–H groups in total. The van der Waals surface area contributed by atoms with Crippen molar-refractivity contribution < 1.29 is 13.2 Å². The molecule has 1 unspecified atom stereocenters. The van der Waals surface area contributed by atoms with Gasteiger partial charge in [0.15, 0.2) is 0 Å². The Labute approximate surface area is 125 Å². The van der Waals surface area contributed by atoms with Gasteiger partial charge in [0.1, 0.15) is 4.21 Å². The maximum Gasteiger partial charge on any atom is 0.250 e. The Morgan fingerprint density at radius 1 is 1.35 bits per heavy atom. The van der Waals surface area contributed by atoms with Crippen LogP contribution in [0.1, 0.15) is 31.6 Å². The van der Waals surface area contributed by atoms with Gasteiger partial charge in [0.25, 0.3) is 0 Å². The van der Waals surface area contributed by atoms with Crippen molar-refractivity contribution in [1.82, 2.24) is 10.0 Å². The fourth-order valence-electron chi connectivity index (χ4n) is 1.85. The molecular formula is C13H24N2O3S2. The van der Waals surface area contributed by atoms with Crippen LogP contribution in [0.4, 0.5) is 0 Å². The van der Waals surface area contributed by atoms with Crippen LogP contribution >= 0.6 is 11.3 Å². The number of nitrogens with one attached hydrogen (secondary N) is 2. The van der Waals surface area contributed by atoms with Crippen LogP contribution in [0.15, 0.2) is 16.3 Å². The third-order valence-electron chi connectivity index (χ3n) is 2.78. The van der Waals surface area contributed by atoms with Gasteiger partial charge in [0, 0.05) is 24.6 Å². The molecule has 116 valence electrons. The molecule has 0 aliphatic heterocycles. The molecule has 1 heterocycles. The molecule has 0 bridgehead atoms. The number of ether oxygens (including phenoxy) is 1. The van der Waals surface area contributed by atoms with Crippen LogP contribution in [-0.4, -0.2) is 34.7 Å². The van der Waals surface area contributed by atoms with E-state index < -0.39 is 10.0 Å². The second-order valence-corrected chi connectivity index (χ2v) is 7.67. The average Bonchev–Trinajstić information content (AvgIpc) is 2.86. The zero-order valence-electron chi connectivity index (χ0n) is 12.3. The highest BCUT2D eigenvalue weighted by molar-refractivity contribution is 7.91. The highest BCUT2D eigenvalue weighted by atomic mass is 32.2. The van der Waals surface area contributed by atoms with Crippen molar-refractivity contribution in [3.63, 3.8) is 0 Å². The summed E-state index contributed by atoms with van der Waals surface area (Å²) in [6.45, 7) is 6.00. The zero-order valence-corrected chi connectivity index (χ0v) is 13.9. The van der Waals surface area contributed by atoms with Crippen molar-refractivity contribution in [2.75, 3.05) is 20.3 Å². The lowest BCUT2D eigenvalue weighted by atomic mass is 10.2. The number of hydrogen-bond donors (Lipinski definition) is 2. The van der Waals surface area contributed by atoms with Gasteiger partial charge in [-0.2, -0.15) is 0 Å². The van der Waals surface area contributed by atoms with Crippen LogP contribution in [0.25, 0.3) is 0 Å². The fourth-order valence-corrected chi connectivity index (χ4v) is 4.45. The number of hydrogen-bond acceptors (Lipinski definition) is 5. The van der Waals surface area contributed by atoms with Gasteiger partial charge >= 0.3 is 0 Å². The molecule has 0 fully saturated rings. The molecule has 0 spiro atoms. The molecule has 1 aromatic rings. The van der Waals surface area contributed by atoms with Crippen molar-refractivity contribution in [3.05, 3.63) is 17.0 Å². The molecule has 5 nitrogen and oxygen atoms in total. The van der Waals surface area contributed by atoms with Crippen molar-refractivity contribution in [2.24, 2.45) is 0 Å². The van der Waals surface area contributed by atoms with Crippen LogP contribution < -0.4 is 10.0 Å². The van der Waals surface area contributed by atoms with Gasteiger partial charge in [0.05, 0.1) is 6.61 Å². The Morgan fingerprint density at radius 2 is 2.10 bits per heavy atom. The summed E-state index contributed by atoms with van der Waals surface area (Å²) in [6, 6.07) is 3.34. The van der Waals surface area contributed by atoms with Gasteiger partial charge in [-0.25, -0.2) is 13.1 Å². The van der Waals surface area contributed by atoms with E-state index in [4.69, 9.17) is 4.74 Å². The van der Waals surface area contributed by atoms with Crippen molar-refractivity contribution in [2.45, 2.75) is 43.5 Å². The lowest BCUT2D eigenvalue weighted by molar-refractivity contribution is 0.171. The van der Waals surface area contributed by atoms with Gasteiger partial charge in [-0.05, 0) is 25.1 Å². The first kappa shape index (κ1) is 17.6. The quantitative estimate of drug-likeness (QED) is 0.691. The molecule has 7 heteroatoms. The molecule has 0 amide bonds. The number of sulfonamides is 1. The average molecular weight is 320 g/mol. The van der Waals surface area contributed by atoms with E-state index in [0.717, 1.165) is 24.3 Å². The van der Waals surface area contributed by atoms with Crippen LogP contribution in [0, 0.1) is 0 Å². The summed E-state index contributed by atoms with van der Waals surface area (Å²) >= 11 is 1.30. The first-order valence-electron chi connectivity index (χ1n) is 6.84. The predicted octanol–water partition coefficient (Wildman–Crippen LogP) is 1.95. The van der Waals surface area contributed by atoms with Crippen LogP contribution in [-0.2, 0) is 21.3 Å². The molecule has 20 heavy (non-hydrogen) atoms. The minimum absolute atomic E-state index is 0.172. The Bertz CT molecular complexity index is 480. The van der Waals surface area contributed by atoms with E-state index in [9.17, 15) is 8.42 Å². The van der Waals surface area contributed by atoms with Crippen molar-refractivity contribution in [3.8, 4) is 0 Å². The van der Waals surface area contributed by atoms with E-state index >= 15 is 0 Å². The third-order valence-corrected chi connectivity index (χ3v) is 5.88. The molecule has 1 aromatic heterocycles. The molecule has 0 saturated carbocycles. The lowest BCUT2D eigenvalue weighted by Gasteiger charge is -2.16. The third kappa shape index (κ3) is 5.49. The molecule has 0 aliphatic rings. The summed E-state index contributed by atoms with van der Waals surface area (Å²) in [5.41, 5.74) is 0. The molecule has 0 aliphatic carbocycles. The number of thiophene rings is 1. The minimum atomic E-state index is -3.45. The first-order chi connectivity index (χ1) is 9.53. The smallest absolute Gasteiger partial charge is 0.250 e. The second kappa shape index (κ2) is 8.74. The van der Waals surface area contributed by atoms with E-state index in [0.29, 0.717) is 17.4 Å². The van der Waals surface area contributed by atoms with E-state index in [-0.39, 0.29) is 6.04 Å². The molecule has 0 saturated heterocycles. The molecule has 1 atom stereocenters. The summed E-state index contributed by atoms with van der Waals surface area (Å²) in [5.74, 6) is 0. The van der Waals surface area contributed by atoms with E-state index in [2.05, 4.69) is 10.0 Å². The maximum atomic E-state index is 12.3. The Hall–Kier alpha value is -0.470. The van der Waals surface area contributed by atoms with E-state index in [1.165, 1.54) is 11.3 Å². The summed E-state index contributed by atoms with van der Waals surface area (Å²) in [6.07, 6.45) is 1.68. The summed E-state index contributed by atoms with van der Waals surface area (Å²) < 4.78 is 32.8. The monoisotopic (exact) mass is 320 g/mol. The number of methoxy groups -OCH3 is 1. The molecule has 0 aromatic carbocycles. The largest absolute Gasteiger partial charge is 0.383 e. The van der Waals surface area contributed by atoms with Gasteiger partial charge in [0.2, 0.25) is 10.0 Å². The first-order valence-corrected chi connectivity index (χ1v) is 9.14. The van der Waals surface area contributed by atoms with Crippen LogP contribution in [0.2, 0.25) is 0 Å². The lowest BCUT2D eigenvalue weighted by Crippen LogP contribution is -2.37.